The second-order valence-electron chi connectivity index (χ2n) is 8.06. The molecule has 0 spiro atoms. The zero-order chi connectivity index (χ0) is 13.7. The molecule has 0 radical (unpaired) electrons. The van der Waals surface area contributed by atoms with Crippen LogP contribution < -0.4 is 5.32 Å². The summed E-state index contributed by atoms with van der Waals surface area (Å²) in [5.41, 5.74) is 0.315. The van der Waals surface area contributed by atoms with Crippen LogP contribution in [-0.4, -0.2) is 19.2 Å². The Balaban J connectivity index is 1.61. The Bertz CT molecular complexity index is 368. The molecule has 2 nitrogen and oxygen atoms in total. The lowest BCUT2D eigenvalue weighted by Crippen LogP contribution is -2.59. The molecule has 20 heavy (non-hydrogen) atoms. The molecule has 4 bridgehead atoms. The van der Waals surface area contributed by atoms with Gasteiger partial charge in [-0.05, 0) is 81.1 Å². The van der Waals surface area contributed by atoms with E-state index in [9.17, 15) is 0 Å². The molecular formula is C18H29NO. The summed E-state index contributed by atoms with van der Waals surface area (Å²) in [4.78, 5) is 0. The van der Waals surface area contributed by atoms with E-state index >= 15 is 0 Å². The Morgan fingerprint density at radius 3 is 2.30 bits per heavy atom. The lowest BCUT2D eigenvalue weighted by Gasteiger charge is -2.59. The van der Waals surface area contributed by atoms with Crippen molar-refractivity contribution in [3.8, 4) is 0 Å². The third kappa shape index (κ3) is 1.94. The summed E-state index contributed by atoms with van der Waals surface area (Å²) in [6, 6.07) is 0. The molecule has 0 amide bonds. The predicted molar refractivity (Wildman–Crippen MR) is 81.3 cm³/mol. The first kappa shape index (κ1) is 13.2. The van der Waals surface area contributed by atoms with Gasteiger partial charge in [0.05, 0.1) is 12.9 Å². The van der Waals surface area contributed by atoms with E-state index in [0.717, 1.165) is 41.8 Å². The number of ether oxygens (including phenoxy) is 1. The van der Waals surface area contributed by atoms with Crippen molar-refractivity contribution in [2.24, 2.45) is 29.6 Å². The van der Waals surface area contributed by atoms with Crippen molar-refractivity contribution in [2.45, 2.75) is 56.9 Å². The number of methoxy groups -OCH3 is 1. The van der Waals surface area contributed by atoms with E-state index in [1.54, 1.807) is 13.5 Å². The van der Waals surface area contributed by atoms with Crippen LogP contribution in [0.4, 0.5) is 0 Å². The molecule has 5 rings (SSSR count). The van der Waals surface area contributed by atoms with Crippen LogP contribution in [0, 0.1) is 29.6 Å². The minimum atomic E-state index is 0.315. The average molecular weight is 275 g/mol. The van der Waals surface area contributed by atoms with Crippen LogP contribution in [0.15, 0.2) is 12.3 Å². The predicted octanol–water partition coefficient (Wildman–Crippen LogP) is 3.73. The maximum absolute atomic E-state index is 5.45. The monoisotopic (exact) mass is 275 g/mol. The molecule has 1 aliphatic heterocycles. The van der Waals surface area contributed by atoms with Crippen molar-refractivity contribution >= 4 is 0 Å². The molecule has 4 saturated carbocycles. The van der Waals surface area contributed by atoms with Gasteiger partial charge in [0.15, 0.2) is 0 Å². The van der Waals surface area contributed by atoms with Crippen LogP contribution in [-0.2, 0) is 4.74 Å². The topological polar surface area (TPSA) is 21.3 Å². The highest BCUT2D eigenvalue weighted by atomic mass is 16.5. The van der Waals surface area contributed by atoms with Gasteiger partial charge in [0.1, 0.15) is 0 Å². The summed E-state index contributed by atoms with van der Waals surface area (Å²) < 4.78 is 5.45. The van der Waals surface area contributed by atoms with Gasteiger partial charge in [0.25, 0.3) is 0 Å². The van der Waals surface area contributed by atoms with E-state index in [2.05, 4.69) is 11.9 Å². The third-order valence-corrected chi connectivity index (χ3v) is 6.94. The Kier molecular flexibility index (Phi) is 3.14. The van der Waals surface area contributed by atoms with Gasteiger partial charge in [0, 0.05) is 12.0 Å². The SMILES string of the molecule is C=C(CC1(C2C3CC4CC(C3)CC2C4)CCCN1)OC. The normalized spacial score (nSPS) is 49.5. The third-order valence-electron chi connectivity index (χ3n) is 6.94. The Morgan fingerprint density at radius 1 is 1.15 bits per heavy atom. The van der Waals surface area contributed by atoms with Gasteiger partial charge in [-0.1, -0.05) is 6.58 Å². The summed E-state index contributed by atoms with van der Waals surface area (Å²) >= 11 is 0. The molecule has 0 aromatic rings. The Morgan fingerprint density at radius 2 is 1.80 bits per heavy atom. The van der Waals surface area contributed by atoms with Crippen molar-refractivity contribution in [1.29, 1.82) is 0 Å². The second-order valence-corrected chi connectivity index (χ2v) is 8.06. The fourth-order valence-electron chi connectivity index (χ4n) is 6.63. The van der Waals surface area contributed by atoms with Crippen LogP contribution in [0.1, 0.15) is 51.4 Å². The van der Waals surface area contributed by atoms with E-state index in [1.807, 2.05) is 0 Å². The summed E-state index contributed by atoms with van der Waals surface area (Å²) in [6.45, 7) is 5.33. The van der Waals surface area contributed by atoms with Crippen LogP contribution >= 0.6 is 0 Å². The second kappa shape index (κ2) is 4.76. The molecular weight excluding hydrogens is 246 g/mol. The summed E-state index contributed by atoms with van der Waals surface area (Å²) in [6.07, 6.45) is 11.3. The zero-order valence-electron chi connectivity index (χ0n) is 12.9. The minimum absolute atomic E-state index is 0.315. The molecule has 1 N–H and O–H groups in total. The molecule has 112 valence electrons. The van der Waals surface area contributed by atoms with Crippen molar-refractivity contribution in [3.63, 3.8) is 0 Å². The number of hydrogen-bond acceptors (Lipinski definition) is 2. The van der Waals surface area contributed by atoms with Gasteiger partial charge < -0.3 is 10.1 Å². The minimum Gasteiger partial charge on any atom is -0.502 e. The number of hydrogen-bond donors (Lipinski definition) is 1. The van der Waals surface area contributed by atoms with Gasteiger partial charge in [-0.15, -0.1) is 0 Å². The van der Waals surface area contributed by atoms with Gasteiger partial charge in [-0.3, -0.25) is 0 Å². The molecule has 2 heteroatoms. The summed E-state index contributed by atoms with van der Waals surface area (Å²) in [5, 5.41) is 3.92. The zero-order valence-corrected chi connectivity index (χ0v) is 12.9. The first-order valence-corrected chi connectivity index (χ1v) is 8.67. The molecule has 5 aliphatic rings. The van der Waals surface area contributed by atoms with Gasteiger partial charge in [-0.2, -0.15) is 0 Å². The van der Waals surface area contributed by atoms with Crippen molar-refractivity contribution in [2.75, 3.05) is 13.7 Å². The number of rotatable bonds is 4. The Labute approximate surface area is 123 Å². The van der Waals surface area contributed by atoms with E-state index in [-0.39, 0.29) is 0 Å². The van der Waals surface area contributed by atoms with E-state index in [1.165, 1.54) is 45.1 Å². The fourth-order valence-corrected chi connectivity index (χ4v) is 6.63. The first-order valence-electron chi connectivity index (χ1n) is 8.67. The van der Waals surface area contributed by atoms with Gasteiger partial charge in [0.2, 0.25) is 0 Å². The molecule has 0 aromatic carbocycles. The molecule has 0 aromatic heterocycles. The lowest BCUT2D eigenvalue weighted by atomic mass is 9.47. The quantitative estimate of drug-likeness (QED) is 0.789. The van der Waals surface area contributed by atoms with Gasteiger partial charge >= 0.3 is 0 Å². The van der Waals surface area contributed by atoms with Crippen molar-refractivity contribution in [1.82, 2.24) is 5.32 Å². The highest BCUT2D eigenvalue weighted by Crippen LogP contribution is 2.60. The number of nitrogens with one attached hydrogen (secondary N) is 1. The van der Waals surface area contributed by atoms with Crippen LogP contribution in [0.25, 0.3) is 0 Å². The summed E-state index contributed by atoms with van der Waals surface area (Å²) in [5.74, 6) is 5.98. The molecule has 1 saturated heterocycles. The van der Waals surface area contributed by atoms with Crippen LogP contribution in [0.3, 0.4) is 0 Å². The molecule has 1 heterocycles. The average Bonchev–Trinajstić information content (AvgIpc) is 2.86. The van der Waals surface area contributed by atoms with Crippen LogP contribution in [0.2, 0.25) is 0 Å². The maximum Gasteiger partial charge on any atom is 0.0902 e. The highest BCUT2D eigenvalue weighted by Gasteiger charge is 2.56. The largest absolute Gasteiger partial charge is 0.502 e. The van der Waals surface area contributed by atoms with Crippen molar-refractivity contribution in [3.05, 3.63) is 12.3 Å². The maximum atomic E-state index is 5.45. The lowest BCUT2D eigenvalue weighted by molar-refractivity contribution is -0.0766. The van der Waals surface area contributed by atoms with E-state index in [0.29, 0.717) is 5.54 Å². The van der Waals surface area contributed by atoms with E-state index < -0.39 is 0 Å². The molecule has 4 aliphatic carbocycles. The van der Waals surface area contributed by atoms with Crippen molar-refractivity contribution < 1.29 is 4.74 Å². The smallest absolute Gasteiger partial charge is 0.0902 e. The standard InChI is InChI=1S/C18H29NO/c1-12(20-2)11-18(4-3-5-19-18)17-15-7-13-6-14(9-15)10-16(17)8-13/h13-17,19H,1,3-11H2,2H3. The molecule has 5 fully saturated rings. The molecule has 1 unspecified atom stereocenters. The first-order chi connectivity index (χ1) is 9.70. The van der Waals surface area contributed by atoms with E-state index in [4.69, 9.17) is 4.74 Å². The Hall–Kier alpha value is -0.500. The highest BCUT2D eigenvalue weighted by molar-refractivity contribution is 5.12. The van der Waals surface area contributed by atoms with Gasteiger partial charge in [-0.25, -0.2) is 0 Å². The van der Waals surface area contributed by atoms with Crippen LogP contribution in [0.5, 0.6) is 0 Å². The molecule has 1 atom stereocenters. The summed E-state index contributed by atoms with van der Waals surface area (Å²) in [7, 11) is 1.78. The fraction of sp³-hybridized carbons (Fsp3) is 0.889.